The summed E-state index contributed by atoms with van der Waals surface area (Å²) in [4.78, 5) is 2.17. The average molecular weight is 580 g/mol. The van der Waals surface area contributed by atoms with Crippen molar-refractivity contribution in [3.05, 3.63) is 176 Å². The van der Waals surface area contributed by atoms with E-state index in [0.717, 1.165) is 28.2 Å². The molecule has 0 aliphatic heterocycles. The van der Waals surface area contributed by atoms with Gasteiger partial charge >= 0.3 is 0 Å². The molecular weight excluding hydrogens is 530 g/mol. The summed E-state index contributed by atoms with van der Waals surface area (Å²) in [5.41, 5.74) is 11.2. The Labute approximate surface area is 267 Å². The topological polar surface area (TPSA) is 3.24 Å². The summed E-state index contributed by atoms with van der Waals surface area (Å²) in [6, 6.07) is 35.2. The maximum Gasteiger partial charge on any atom is 0.0511 e. The zero-order chi connectivity index (χ0) is 32.5. The van der Waals surface area contributed by atoms with Crippen LogP contribution in [-0.4, -0.2) is 0 Å². The molecule has 0 saturated carbocycles. The van der Waals surface area contributed by atoms with Gasteiger partial charge in [-0.05, 0) is 74.7 Å². The third-order valence-electron chi connectivity index (χ3n) is 8.12. The van der Waals surface area contributed by atoms with Crippen molar-refractivity contribution in [3.8, 4) is 11.1 Å². The summed E-state index contributed by atoms with van der Waals surface area (Å²) in [5, 5.41) is 0. The lowest BCUT2D eigenvalue weighted by molar-refractivity contribution is 0.277. The third kappa shape index (κ3) is 5.92. The van der Waals surface area contributed by atoms with E-state index >= 15 is 0 Å². The molecule has 0 bridgehead atoms. The van der Waals surface area contributed by atoms with Crippen molar-refractivity contribution in [1.82, 2.24) is 0 Å². The molecule has 5 rings (SSSR count). The third-order valence-corrected chi connectivity index (χ3v) is 8.12. The lowest BCUT2D eigenvalue weighted by atomic mass is 9.58. The predicted molar refractivity (Wildman–Crippen MR) is 197 cm³/mol. The average Bonchev–Trinajstić information content (AvgIpc) is 3.37. The fourth-order valence-corrected chi connectivity index (χ4v) is 6.44. The molecule has 1 aliphatic rings. The zero-order valence-electron chi connectivity index (χ0n) is 27.8. The first-order chi connectivity index (χ1) is 21.3. The lowest BCUT2D eigenvalue weighted by Gasteiger charge is -2.44. The van der Waals surface area contributed by atoms with E-state index in [0.29, 0.717) is 0 Å². The number of nitrogens with zero attached hydrogens (tertiary/aromatic N) is 1. The SMILES string of the molecule is C=C/C=C(\C=C)c1ccc(N(C(=C)C=C)c2ccc3c(c2)-c2ccccc2C3(c2ccccc2)C(C)(C)C)cc1.CC.CC. The summed E-state index contributed by atoms with van der Waals surface area (Å²) in [6.07, 6.45) is 7.41. The molecule has 1 unspecified atom stereocenters. The van der Waals surface area contributed by atoms with E-state index in [2.05, 4.69) is 149 Å². The fraction of sp³-hybridized carbons (Fsp3) is 0.209. The van der Waals surface area contributed by atoms with Crippen LogP contribution in [0.2, 0.25) is 0 Å². The van der Waals surface area contributed by atoms with Crippen LogP contribution >= 0.6 is 0 Å². The highest BCUT2D eigenvalue weighted by atomic mass is 15.1. The van der Waals surface area contributed by atoms with E-state index in [1.807, 2.05) is 45.9 Å². The first-order valence-electron chi connectivity index (χ1n) is 15.7. The monoisotopic (exact) mass is 579 g/mol. The number of rotatable bonds is 8. The Bertz CT molecular complexity index is 1630. The van der Waals surface area contributed by atoms with Crippen LogP contribution in [0.1, 0.15) is 70.7 Å². The van der Waals surface area contributed by atoms with Crippen LogP contribution < -0.4 is 4.90 Å². The van der Waals surface area contributed by atoms with Crippen molar-refractivity contribution >= 4 is 16.9 Å². The van der Waals surface area contributed by atoms with E-state index in [9.17, 15) is 0 Å². The number of allylic oxidation sites excluding steroid dienone is 5. The van der Waals surface area contributed by atoms with Crippen LogP contribution in [0, 0.1) is 5.41 Å². The Kier molecular flexibility index (Phi) is 11.3. The fourth-order valence-electron chi connectivity index (χ4n) is 6.44. The lowest BCUT2D eigenvalue weighted by Crippen LogP contribution is -2.40. The number of benzene rings is 4. The van der Waals surface area contributed by atoms with Crippen LogP contribution in [0.25, 0.3) is 16.7 Å². The van der Waals surface area contributed by atoms with Gasteiger partial charge in [-0.3, -0.25) is 0 Å². The molecule has 4 aromatic carbocycles. The van der Waals surface area contributed by atoms with Crippen molar-refractivity contribution in [3.63, 3.8) is 0 Å². The number of anilines is 2. The van der Waals surface area contributed by atoms with Crippen LogP contribution in [-0.2, 0) is 5.41 Å². The quantitative estimate of drug-likeness (QED) is 0.188. The predicted octanol–water partition coefficient (Wildman–Crippen LogP) is 12.7. The minimum atomic E-state index is -0.279. The molecule has 0 N–H and O–H groups in total. The largest absolute Gasteiger partial charge is 0.311 e. The Balaban J connectivity index is 0.00000127. The zero-order valence-corrected chi connectivity index (χ0v) is 27.8. The van der Waals surface area contributed by atoms with Crippen molar-refractivity contribution < 1.29 is 0 Å². The Morgan fingerprint density at radius 1 is 0.659 bits per heavy atom. The Morgan fingerprint density at radius 2 is 1.23 bits per heavy atom. The van der Waals surface area contributed by atoms with E-state index in [-0.39, 0.29) is 10.8 Å². The summed E-state index contributed by atoms with van der Waals surface area (Å²) >= 11 is 0. The highest BCUT2D eigenvalue weighted by molar-refractivity contribution is 5.88. The van der Waals surface area contributed by atoms with Gasteiger partial charge in [0.2, 0.25) is 0 Å². The molecular formula is C43H49N. The van der Waals surface area contributed by atoms with E-state index in [1.54, 1.807) is 6.08 Å². The molecule has 0 aromatic heterocycles. The van der Waals surface area contributed by atoms with Crippen LogP contribution in [0.4, 0.5) is 11.4 Å². The van der Waals surface area contributed by atoms with Gasteiger partial charge in [-0.15, -0.1) is 0 Å². The van der Waals surface area contributed by atoms with Gasteiger partial charge in [0.1, 0.15) is 0 Å². The van der Waals surface area contributed by atoms with Crippen LogP contribution in [0.15, 0.2) is 153 Å². The molecule has 0 fully saturated rings. The smallest absolute Gasteiger partial charge is 0.0511 e. The molecule has 0 radical (unpaired) electrons. The van der Waals surface area contributed by atoms with Crippen LogP contribution in [0.5, 0.6) is 0 Å². The van der Waals surface area contributed by atoms with E-state index in [1.165, 1.54) is 27.8 Å². The minimum absolute atomic E-state index is 0.0702. The highest BCUT2D eigenvalue weighted by Gasteiger charge is 2.52. The number of fused-ring (bicyclic) bond motifs is 3. The molecule has 0 heterocycles. The Morgan fingerprint density at radius 3 is 1.80 bits per heavy atom. The number of hydrogen-bond acceptors (Lipinski definition) is 1. The molecule has 44 heavy (non-hydrogen) atoms. The molecule has 1 nitrogen and oxygen atoms in total. The second-order valence-electron chi connectivity index (χ2n) is 11.3. The van der Waals surface area contributed by atoms with Gasteiger partial charge in [0.05, 0.1) is 5.41 Å². The maximum absolute atomic E-state index is 4.35. The normalized spacial score (nSPS) is 14.8. The van der Waals surface area contributed by atoms with Gasteiger partial charge in [0, 0.05) is 17.1 Å². The molecule has 4 aromatic rings. The van der Waals surface area contributed by atoms with Gasteiger partial charge in [-0.2, -0.15) is 0 Å². The summed E-state index contributed by atoms with van der Waals surface area (Å²) in [7, 11) is 0. The summed E-state index contributed by atoms with van der Waals surface area (Å²) in [5.74, 6) is 0. The maximum atomic E-state index is 4.35. The second-order valence-corrected chi connectivity index (χ2v) is 11.3. The number of hydrogen-bond donors (Lipinski definition) is 0. The van der Waals surface area contributed by atoms with Gasteiger partial charge in [-0.25, -0.2) is 0 Å². The van der Waals surface area contributed by atoms with Crippen molar-refractivity contribution in [2.45, 2.75) is 53.9 Å². The van der Waals surface area contributed by atoms with Gasteiger partial charge < -0.3 is 4.90 Å². The van der Waals surface area contributed by atoms with Crippen molar-refractivity contribution in [2.75, 3.05) is 4.90 Å². The van der Waals surface area contributed by atoms with Gasteiger partial charge in [0.15, 0.2) is 0 Å². The molecule has 1 atom stereocenters. The summed E-state index contributed by atoms with van der Waals surface area (Å²) in [6.45, 7) is 31.2. The first kappa shape index (κ1) is 33.9. The molecule has 0 saturated heterocycles. The first-order valence-corrected chi connectivity index (χ1v) is 15.7. The molecule has 1 heteroatoms. The Hall–Kier alpha value is -4.62. The van der Waals surface area contributed by atoms with E-state index in [4.69, 9.17) is 0 Å². The minimum Gasteiger partial charge on any atom is -0.311 e. The van der Waals surface area contributed by atoms with Gasteiger partial charge in [-0.1, -0.05) is 166 Å². The standard InChI is InChI=1S/C39H37N.2C2H6/c1-8-16-29(10-3)30-21-23-32(24-22-30)40(28(4)9-2)33-25-26-37-35(27-33)34-19-14-15-20-36(34)39(37,38(5,6)7)31-17-12-11-13-18-31;2*1-2/h8-27H,1-4H2,5-7H3;2*1-2H3/b29-16+;;. The molecule has 226 valence electrons. The summed E-state index contributed by atoms with van der Waals surface area (Å²) < 4.78 is 0. The highest BCUT2D eigenvalue weighted by Crippen LogP contribution is 2.61. The molecule has 1 aliphatic carbocycles. The van der Waals surface area contributed by atoms with Crippen molar-refractivity contribution in [1.29, 1.82) is 0 Å². The van der Waals surface area contributed by atoms with Crippen molar-refractivity contribution in [2.24, 2.45) is 5.41 Å². The van der Waals surface area contributed by atoms with Crippen LogP contribution in [0.3, 0.4) is 0 Å². The second kappa shape index (κ2) is 14.7. The van der Waals surface area contributed by atoms with Gasteiger partial charge in [0.25, 0.3) is 0 Å². The van der Waals surface area contributed by atoms with E-state index < -0.39 is 0 Å². The molecule has 0 amide bonds. The molecule has 0 spiro atoms.